The Kier molecular flexibility index (Phi) is 8.82. The van der Waals surface area contributed by atoms with Gasteiger partial charge in [0, 0.05) is 28.2 Å². The van der Waals surface area contributed by atoms with Crippen molar-refractivity contribution in [3.63, 3.8) is 0 Å². The van der Waals surface area contributed by atoms with E-state index in [1.165, 1.54) is 26.3 Å². The zero-order valence-corrected chi connectivity index (χ0v) is 22.1. The predicted octanol–water partition coefficient (Wildman–Crippen LogP) is 5.60. The number of nitrogens with zero attached hydrogens (tertiary/aromatic N) is 1. The van der Waals surface area contributed by atoms with E-state index in [9.17, 15) is 14.7 Å². The number of rotatable bonds is 8. The average molecular weight is 531 g/mol. The molecule has 36 heavy (non-hydrogen) atoms. The van der Waals surface area contributed by atoms with Gasteiger partial charge in [0.2, 0.25) is 0 Å². The third-order valence-corrected chi connectivity index (χ3v) is 6.73. The molecule has 0 aliphatic carbocycles. The minimum atomic E-state index is -1.01. The second-order valence-electron chi connectivity index (χ2n) is 8.54. The molecule has 3 aromatic rings. The van der Waals surface area contributed by atoms with Crippen LogP contribution < -0.4 is 10.1 Å². The van der Waals surface area contributed by atoms with Gasteiger partial charge in [-0.2, -0.15) is 0 Å². The molecular weight excluding hydrogens is 503 g/mol. The fourth-order valence-corrected chi connectivity index (χ4v) is 4.14. The summed E-state index contributed by atoms with van der Waals surface area (Å²) in [6, 6.07) is 11.8. The molecule has 2 atom stereocenters. The van der Waals surface area contributed by atoms with Gasteiger partial charge in [0.25, 0.3) is 5.91 Å². The topological polar surface area (TPSA) is 97.8 Å². The Morgan fingerprint density at radius 2 is 1.53 bits per heavy atom. The summed E-state index contributed by atoms with van der Waals surface area (Å²) in [5.41, 5.74) is 3.37. The van der Waals surface area contributed by atoms with Crippen molar-refractivity contribution in [1.82, 2.24) is 10.3 Å². The van der Waals surface area contributed by atoms with Crippen molar-refractivity contribution in [3.05, 3.63) is 86.7 Å². The van der Waals surface area contributed by atoms with E-state index in [-0.39, 0.29) is 17.4 Å². The van der Waals surface area contributed by atoms with Gasteiger partial charge >= 0.3 is 5.97 Å². The maximum atomic E-state index is 13.0. The van der Waals surface area contributed by atoms with Gasteiger partial charge in [-0.25, -0.2) is 9.78 Å². The number of halogens is 2. The molecule has 7 nitrogen and oxygen atoms in total. The lowest BCUT2D eigenvalue weighted by Gasteiger charge is -2.27. The number of ether oxygens (including phenoxy) is 2. The molecule has 1 amide bonds. The van der Waals surface area contributed by atoms with Gasteiger partial charge in [-0.05, 0) is 62.1 Å². The number of methoxy groups -OCH3 is 1. The fourth-order valence-electron chi connectivity index (χ4n) is 3.90. The van der Waals surface area contributed by atoms with Crippen LogP contribution in [0.4, 0.5) is 0 Å². The summed E-state index contributed by atoms with van der Waals surface area (Å²) in [6.45, 7) is 7.11. The van der Waals surface area contributed by atoms with Crippen molar-refractivity contribution in [3.8, 4) is 11.5 Å². The zero-order valence-electron chi connectivity index (χ0n) is 20.6. The maximum Gasteiger partial charge on any atom is 0.328 e. The molecule has 0 bridgehead atoms. The minimum absolute atomic E-state index is 0.0957. The number of carbonyl (C=O) groups is 2. The van der Waals surface area contributed by atoms with Crippen molar-refractivity contribution < 1.29 is 24.2 Å². The molecule has 0 aliphatic rings. The zero-order chi connectivity index (χ0) is 26.6. The van der Waals surface area contributed by atoms with Gasteiger partial charge < -0.3 is 19.9 Å². The quantitative estimate of drug-likeness (QED) is 0.367. The third kappa shape index (κ3) is 6.09. The maximum absolute atomic E-state index is 13.0. The van der Waals surface area contributed by atoms with E-state index in [2.05, 4.69) is 10.3 Å². The van der Waals surface area contributed by atoms with E-state index in [4.69, 9.17) is 32.7 Å². The molecular formula is C27H28Cl2N2O5. The smallest absolute Gasteiger partial charge is 0.328 e. The summed E-state index contributed by atoms with van der Waals surface area (Å²) < 4.78 is 10.8. The summed E-state index contributed by atoms with van der Waals surface area (Å²) in [5.74, 6) is -2.00. The Labute approximate surface area is 220 Å². The normalized spacial score (nSPS) is 12.7. The predicted molar refractivity (Wildman–Crippen MR) is 139 cm³/mol. The van der Waals surface area contributed by atoms with E-state index in [1.807, 2.05) is 50.2 Å². The van der Waals surface area contributed by atoms with E-state index in [0.717, 1.165) is 22.3 Å². The van der Waals surface area contributed by atoms with Crippen molar-refractivity contribution in [2.75, 3.05) is 7.11 Å². The second kappa shape index (κ2) is 11.6. The number of aromatic hydroxyl groups is 1. The number of hydrogen-bond donors (Lipinski definition) is 2. The number of aryl methyl sites for hydroxylation is 2. The highest BCUT2D eigenvalue weighted by Gasteiger charge is 2.29. The van der Waals surface area contributed by atoms with Crippen LogP contribution in [0.1, 0.15) is 52.5 Å². The van der Waals surface area contributed by atoms with Gasteiger partial charge in [0.1, 0.15) is 12.1 Å². The number of nitrogens with one attached hydrogen (secondary N) is 1. The first-order valence-corrected chi connectivity index (χ1v) is 12.0. The van der Waals surface area contributed by atoms with Crippen LogP contribution in [-0.2, 0) is 9.53 Å². The Morgan fingerprint density at radius 1 is 0.972 bits per heavy atom. The summed E-state index contributed by atoms with van der Waals surface area (Å²) in [7, 11) is 1.36. The summed E-state index contributed by atoms with van der Waals surface area (Å²) in [4.78, 5) is 29.5. The monoisotopic (exact) mass is 530 g/mol. The van der Waals surface area contributed by atoms with Crippen molar-refractivity contribution in [1.29, 1.82) is 0 Å². The van der Waals surface area contributed by atoms with Crippen molar-refractivity contribution in [2.45, 2.75) is 45.8 Å². The fraction of sp³-hybridized carbons (Fsp3) is 0.296. The van der Waals surface area contributed by atoms with Crippen LogP contribution in [0.3, 0.4) is 0 Å². The largest absolute Gasteiger partial charge is 0.503 e. The molecule has 2 aromatic carbocycles. The molecule has 0 radical (unpaired) electrons. The molecule has 0 fully saturated rings. The molecule has 0 spiro atoms. The van der Waals surface area contributed by atoms with Crippen LogP contribution in [0, 0.1) is 13.8 Å². The van der Waals surface area contributed by atoms with Gasteiger partial charge in [0.05, 0.1) is 7.11 Å². The molecule has 1 heterocycles. The standard InChI is InChI=1S/C27H28Cl2N2O5/c1-14-12-18(6-8-20(14)28)23(19-7-9-21(29)15(2)13-19)17(4)36-27(34)16(3)31-26(33)24-25(32)22(35-5)10-11-30-24/h6-13,16-17,23,32H,1-5H3,(H,31,33)/t16-,17-/m0/s1. The molecule has 3 rings (SSSR count). The molecule has 0 unspecified atom stereocenters. The number of esters is 1. The van der Waals surface area contributed by atoms with Crippen LogP contribution >= 0.6 is 23.2 Å². The third-order valence-electron chi connectivity index (χ3n) is 5.88. The lowest BCUT2D eigenvalue weighted by atomic mass is 9.86. The van der Waals surface area contributed by atoms with Gasteiger partial charge in [-0.15, -0.1) is 0 Å². The summed E-state index contributed by atoms with van der Waals surface area (Å²) in [6.07, 6.45) is 0.729. The van der Waals surface area contributed by atoms with E-state index < -0.39 is 29.8 Å². The first-order chi connectivity index (χ1) is 17.0. The van der Waals surface area contributed by atoms with E-state index in [1.54, 1.807) is 6.92 Å². The van der Waals surface area contributed by atoms with Gasteiger partial charge in [-0.1, -0.05) is 47.5 Å². The SMILES string of the molecule is COc1ccnc(C(=O)N[C@@H](C)C(=O)O[C@@H](C)C(c2ccc(Cl)c(C)c2)c2ccc(Cl)c(C)c2)c1O. The highest BCUT2D eigenvalue weighted by atomic mass is 35.5. The second-order valence-corrected chi connectivity index (χ2v) is 9.36. The molecule has 0 aliphatic heterocycles. The molecule has 9 heteroatoms. The summed E-state index contributed by atoms with van der Waals surface area (Å²) in [5, 5.41) is 14.0. The van der Waals surface area contributed by atoms with Crippen molar-refractivity contribution >= 4 is 35.1 Å². The average Bonchev–Trinajstić information content (AvgIpc) is 2.83. The Hall–Kier alpha value is -3.29. The Bertz CT molecular complexity index is 1230. The number of aromatic nitrogens is 1. The highest BCUT2D eigenvalue weighted by molar-refractivity contribution is 6.31. The van der Waals surface area contributed by atoms with Gasteiger partial charge in [-0.3, -0.25) is 4.79 Å². The lowest BCUT2D eigenvalue weighted by molar-refractivity contribution is -0.150. The molecule has 1 aromatic heterocycles. The molecule has 190 valence electrons. The Morgan fingerprint density at radius 3 is 2.03 bits per heavy atom. The van der Waals surface area contributed by atoms with Crippen LogP contribution in [0.25, 0.3) is 0 Å². The Balaban J connectivity index is 1.82. The lowest BCUT2D eigenvalue weighted by Crippen LogP contribution is -2.41. The van der Waals surface area contributed by atoms with Gasteiger partial charge in [0.15, 0.2) is 17.2 Å². The molecule has 2 N–H and O–H groups in total. The van der Waals surface area contributed by atoms with E-state index >= 15 is 0 Å². The van der Waals surface area contributed by atoms with Crippen molar-refractivity contribution in [2.24, 2.45) is 0 Å². The van der Waals surface area contributed by atoms with Crippen LogP contribution in [0.15, 0.2) is 48.7 Å². The molecule has 0 saturated heterocycles. The van der Waals surface area contributed by atoms with Crippen LogP contribution in [0.2, 0.25) is 10.0 Å². The highest BCUT2D eigenvalue weighted by Crippen LogP contribution is 2.34. The number of carbonyl (C=O) groups excluding carboxylic acids is 2. The molecule has 0 saturated carbocycles. The van der Waals surface area contributed by atoms with E-state index in [0.29, 0.717) is 10.0 Å². The first-order valence-electron chi connectivity index (χ1n) is 11.3. The van der Waals surface area contributed by atoms with Crippen LogP contribution in [-0.4, -0.2) is 41.2 Å². The number of amides is 1. The number of pyridine rings is 1. The first kappa shape index (κ1) is 27.3. The summed E-state index contributed by atoms with van der Waals surface area (Å²) >= 11 is 12.5. The number of benzene rings is 2. The van der Waals surface area contributed by atoms with Crippen LogP contribution in [0.5, 0.6) is 11.5 Å². The minimum Gasteiger partial charge on any atom is -0.503 e. The number of hydrogen-bond acceptors (Lipinski definition) is 6.